The van der Waals surface area contributed by atoms with Crippen LogP contribution in [-0.2, 0) is 11.2 Å². The standard InChI is InChI=1S/C17H24FN3O2/c1-4-14-5-6-15(9-16(14)18)19-17(23)20(3)10-13-7-8-21(11-13)12(2)22/h5-6,9,13H,4,7-8,10-11H2,1-3H3,(H,19,23). The first kappa shape index (κ1) is 17.2. The quantitative estimate of drug-likeness (QED) is 0.927. The summed E-state index contributed by atoms with van der Waals surface area (Å²) in [5.41, 5.74) is 1.08. The number of amides is 3. The molecule has 126 valence electrons. The number of hydrogen-bond donors (Lipinski definition) is 1. The number of benzene rings is 1. The topological polar surface area (TPSA) is 52.7 Å². The van der Waals surface area contributed by atoms with Crippen LogP contribution < -0.4 is 5.32 Å². The Balaban J connectivity index is 1.88. The molecule has 0 spiro atoms. The van der Waals surface area contributed by atoms with E-state index in [4.69, 9.17) is 0 Å². The van der Waals surface area contributed by atoms with Gasteiger partial charge in [0.15, 0.2) is 0 Å². The Labute approximate surface area is 136 Å². The molecule has 0 aromatic heterocycles. The van der Waals surface area contributed by atoms with Gasteiger partial charge in [-0.25, -0.2) is 9.18 Å². The van der Waals surface area contributed by atoms with E-state index in [9.17, 15) is 14.0 Å². The number of rotatable bonds is 4. The van der Waals surface area contributed by atoms with E-state index in [1.807, 2.05) is 6.92 Å². The molecule has 1 aliphatic heterocycles. The fourth-order valence-electron chi connectivity index (χ4n) is 2.87. The van der Waals surface area contributed by atoms with Gasteiger partial charge in [0.25, 0.3) is 0 Å². The highest BCUT2D eigenvalue weighted by atomic mass is 19.1. The molecule has 1 N–H and O–H groups in total. The van der Waals surface area contributed by atoms with Gasteiger partial charge in [-0.15, -0.1) is 0 Å². The van der Waals surface area contributed by atoms with Gasteiger partial charge in [-0.1, -0.05) is 13.0 Å². The maximum Gasteiger partial charge on any atom is 0.321 e. The second kappa shape index (κ2) is 7.44. The van der Waals surface area contributed by atoms with Crippen LogP contribution in [0.3, 0.4) is 0 Å². The van der Waals surface area contributed by atoms with Gasteiger partial charge in [-0.3, -0.25) is 4.79 Å². The van der Waals surface area contributed by atoms with Crippen LogP contribution in [0.5, 0.6) is 0 Å². The van der Waals surface area contributed by atoms with Crippen LogP contribution in [0.25, 0.3) is 0 Å². The van der Waals surface area contributed by atoms with E-state index >= 15 is 0 Å². The van der Waals surface area contributed by atoms with Crippen molar-refractivity contribution in [1.29, 1.82) is 0 Å². The number of urea groups is 1. The number of likely N-dealkylation sites (tertiary alicyclic amines) is 1. The SMILES string of the molecule is CCc1ccc(NC(=O)N(C)CC2CCN(C(C)=O)C2)cc1F. The molecule has 1 unspecified atom stereocenters. The van der Waals surface area contributed by atoms with E-state index < -0.39 is 0 Å². The molecule has 23 heavy (non-hydrogen) atoms. The summed E-state index contributed by atoms with van der Waals surface area (Å²) in [6.45, 7) is 5.46. The number of halogens is 1. The third kappa shape index (κ3) is 4.43. The molecule has 1 saturated heterocycles. The number of carbonyl (C=O) groups is 2. The molecule has 0 saturated carbocycles. The number of aryl methyl sites for hydroxylation is 1. The van der Waals surface area contributed by atoms with Crippen LogP contribution in [0.15, 0.2) is 18.2 Å². The van der Waals surface area contributed by atoms with E-state index in [2.05, 4.69) is 5.32 Å². The molecule has 0 bridgehead atoms. The third-order valence-corrected chi connectivity index (χ3v) is 4.30. The summed E-state index contributed by atoms with van der Waals surface area (Å²) in [5, 5.41) is 2.71. The fourth-order valence-corrected chi connectivity index (χ4v) is 2.87. The predicted octanol–water partition coefficient (Wildman–Crippen LogP) is 2.72. The second-order valence-electron chi connectivity index (χ2n) is 6.09. The predicted molar refractivity (Wildman–Crippen MR) is 87.8 cm³/mol. The van der Waals surface area contributed by atoms with E-state index in [1.54, 1.807) is 35.9 Å². The highest BCUT2D eigenvalue weighted by Gasteiger charge is 2.26. The van der Waals surface area contributed by atoms with E-state index in [0.717, 1.165) is 13.0 Å². The minimum Gasteiger partial charge on any atom is -0.343 e. The van der Waals surface area contributed by atoms with Crippen LogP contribution in [0.1, 0.15) is 25.8 Å². The Hall–Kier alpha value is -2.11. The van der Waals surface area contributed by atoms with E-state index in [0.29, 0.717) is 30.8 Å². The summed E-state index contributed by atoms with van der Waals surface area (Å²) in [6, 6.07) is 4.47. The zero-order valence-corrected chi connectivity index (χ0v) is 13.9. The molecule has 1 heterocycles. The van der Waals surface area contributed by atoms with Crippen LogP contribution in [0.2, 0.25) is 0 Å². The lowest BCUT2D eigenvalue weighted by Gasteiger charge is -2.22. The normalized spacial score (nSPS) is 17.2. The van der Waals surface area contributed by atoms with Crippen molar-refractivity contribution >= 4 is 17.6 Å². The number of anilines is 1. The van der Waals surface area contributed by atoms with Crippen molar-refractivity contribution in [2.24, 2.45) is 5.92 Å². The molecule has 1 atom stereocenters. The van der Waals surface area contributed by atoms with E-state index in [-0.39, 0.29) is 23.7 Å². The molecule has 0 radical (unpaired) electrons. The Kier molecular flexibility index (Phi) is 5.58. The number of carbonyl (C=O) groups excluding carboxylic acids is 2. The highest BCUT2D eigenvalue weighted by Crippen LogP contribution is 2.18. The van der Waals surface area contributed by atoms with Crippen LogP contribution >= 0.6 is 0 Å². The maximum atomic E-state index is 13.7. The van der Waals surface area contributed by atoms with Crippen molar-refractivity contribution in [3.05, 3.63) is 29.6 Å². The molecule has 2 rings (SSSR count). The van der Waals surface area contributed by atoms with Crippen molar-refractivity contribution in [2.75, 3.05) is 32.0 Å². The van der Waals surface area contributed by atoms with Gasteiger partial charge < -0.3 is 15.1 Å². The average Bonchev–Trinajstić information content (AvgIpc) is 2.96. The summed E-state index contributed by atoms with van der Waals surface area (Å²) in [5.74, 6) is 0.0563. The first-order valence-electron chi connectivity index (χ1n) is 7.96. The Bertz CT molecular complexity index is 591. The first-order chi connectivity index (χ1) is 10.9. The Morgan fingerprint density at radius 1 is 1.43 bits per heavy atom. The van der Waals surface area contributed by atoms with Gasteiger partial charge in [0.2, 0.25) is 5.91 Å². The maximum absolute atomic E-state index is 13.7. The van der Waals surface area contributed by atoms with Gasteiger partial charge in [0.1, 0.15) is 5.82 Å². The lowest BCUT2D eigenvalue weighted by Crippen LogP contribution is -2.36. The molecule has 3 amide bonds. The monoisotopic (exact) mass is 321 g/mol. The van der Waals surface area contributed by atoms with Crippen molar-refractivity contribution < 1.29 is 14.0 Å². The minimum atomic E-state index is -0.305. The highest BCUT2D eigenvalue weighted by molar-refractivity contribution is 5.89. The van der Waals surface area contributed by atoms with Crippen LogP contribution in [-0.4, -0.2) is 48.4 Å². The zero-order chi connectivity index (χ0) is 17.0. The minimum absolute atomic E-state index is 0.0751. The molecule has 6 heteroatoms. The summed E-state index contributed by atoms with van der Waals surface area (Å²) in [6.07, 6.45) is 1.52. The van der Waals surface area contributed by atoms with Gasteiger partial charge in [-0.2, -0.15) is 0 Å². The van der Waals surface area contributed by atoms with E-state index in [1.165, 1.54) is 6.07 Å². The lowest BCUT2D eigenvalue weighted by atomic mass is 10.1. The van der Waals surface area contributed by atoms with Crippen LogP contribution in [0.4, 0.5) is 14.9 Å². The zero-order valence-electron chi connectivity index (χ0n) is 13.9. The van der Waals surface area contributed by atoms with Crippen molar-refractivity contribution in [2.45, 2.75) is 26.7 Å². The molecule has 0 aliphatic carbocycles. The first-order valence-corrected chi connectivity index (χ1v) is 7.96. The number of hydrogen-bond acceptors (Lipinski definition) is 2. The summed E-state index contributed by atoms with van der Waals surface area (Å²) in [7, 11) is 1.71. The van der Waals surface area contributed by atoms with Crippen molar-refractivity contribution in [3.8, 4) is 0 Å². The molecule has 1 aromatic rings. The van der Waals surface area contributed by atoms with Gasteiger partial charge in [0, 0.05) is 39.3 Å². The number of nitrogens with one attached hydrogen (secondary N) is 1. The summed E-state index contributed by atoms with van der Waals surface area (Å²) >= 11 is 0. The van der Waals surface area contributed by atoms with Gasteiger partial charge >= 0.3 is 6.03 Å². The molecule has 1 aliphatic rings. The third-order valence-electron chi connectivity index (χ3n) is 4.30. The average molecular weight is 321 g/mol. The Morgan fingerprint density at radius 3 is 2.74 bits per heavy atom. The van der Waals surface area contributed by atoms with Gasteiger partial charge in [0.05, 0.1) is 0 Å². The van der Waals surface area contributed by atoms with Crippen molar-refractivity contribution in [1.82, 2.24) is 9.80 Å². The smallest absolute Gasteiger partial charge is 0.321 e. The summed E-state index contributed by atoms with van der Waals surface area (Å²) < 4.78 is 13.7. The number of nitrogens with zero attached hydrogens (tertiary/aromatic N) is 2. The molecular weight excluding hydrogens is 297 g/mol. The molecule has 1 fully saturated rings. The summed E-state index contributed by atoms with van der Waals surface area (Å²) in [4.78, 5) is 26.9. The molecule has 1 aromatic carbocycles. The second-order valence-corrected chi connectivity index (χ2v) is 6.09. The molecule has 5 nitrogen and oxygen atoms in total. The molecular formula is C17H24FN3O2. The lowest BCUT2D eigenvalue weighted by molar-refractivity contribution is -0.127. The fraction of sp³-hybridized carbons (Fsp3) is 0.529. The van der Waals surface area contributed by atoms with Crippen molar-refractivity contribution in [3.63, 3.8) is 0 Å². The largest absolute Gasteiger partial charge is 0.343 e. The van der Waals surface area contributed by atoms with Gasteiger partial charge in [-0.05, 0) is 36.5 Å². The Morgan fingerprint density at radius 2 is 2.17 bits per heavy atom. The van der Waals surface area contributed by atoms with Crippen LogP contribution in [0, 0.1) is 11.7 Å².